The van der Waals surface area contributed by atoms with Crippen molar-refractivity contribution in [3.8, 4) is 0 Å². The maximum absolute atomic E-state index is 11.9. The molecule has 6 nitrogen and oxygen atoms in total. The van der Waals surface area contributed by atoms with Gasteiger partial charge in [0.1, 0.15) is 0 Å². The quantitative estimate of drug-likeness (QED) is 0.657. The summed E-state index contributed by atoms with van der Waals surface area (Å²) in [4.78, 5) is 35.5. The van der Waals surface area contributed by atoms with Crippen molar-refractivity contribution in [1.82, 2.24) is 10.2 Å². The number of nitrogens with two attached hydrogens (primary N) is 1. The molecule has 0 aliphatic rings. The van der Waals surface area contributed by atoms with Crippen molar-refractivity contribution in [1.29, 1.82) is 0 Å². The van der Waals surface area contributed by atoms with Gasteiger partial charge in [-0.05, 0) is 12.3 Å². The first-order valence-electron chi connectivity index (χ1n) is 6.00. The van der Waals surface area contributed by atoms with E-state index in [1.165, 1.54) is 4.90 Å². The standard InChI is InChI=1S/C12H23N3O3/c1-8(2)5-9(6-10(13)16)12(18)14-7-11(17)15(3)4/h8-9H,5-7H2,1-4H3,(H2,13,16)(H,14,18)/t9-/m1/s1. The van der Waals surface area contributed by atoms with E-state index in [4.69, 9.17) is 5.73 Å². The molecule has 104 valence electrons. The molecule has 0 bridgehead atoms. The van der Waals surface area contributed by atoms with Crippen molar-refractivity contribution >= 4 is 17.7 Å². The second kappa shape index (κ2) is 7.68. The monoisotopic (exact) mass is 257 g/mol. The average Bonchev–Trinajstić information content (AvgIpc) is 2.22. The van der Waals surface area contributed by atoms with Gasteiger partial charge in [0.15, 0.2) is 0 Å². The van der Waals surface area contributed by atoms with Gasteiger partial charge >= 0.3 is 0 Å². The number of carbonyl (C=O) groups excluding carboxylic acids is 3. The molecule has 0 aliphatic carbocycles. The molecule has 0 saturated carbocycles. The van der Waals surface area contributed by atoms with E-state index < -0.39 is 11.8 Å². The van der Waals surface area contributed by atoms with Gasteiger partial charge in [-0.25, -0.2) is 0 Å². The zero-order chi connectivity index (χ0) is 14.3. The molecule has 18 heavy (non-hydrogen) atoms. The summed E-state index contributed by atoms with van der Waals surface area (Å²) in [7, 11) is 3.23. The van der Waals surface area contributed by atoms with Crippen LogP contribution in [0.15, 0.2) is 0 Å². The molecule has 0 unspecified atom stereocenters. The fourth-order valence-corrected chi connectivity index (χ4v) is 1.56. The maximum atomic E-state index is 11.9. The summed E-state index contributed by atoms with van der Waals surface area (Å²) in [5, 5.41) is 2.54. The molecule has 6 heteroatoms. The van der Waals surface area contributed by atoms with Crippen LogP contribution in [0.3, 0.4) is 0 Å². The lowest BCUT2D eigenvalue weighted by atomic mass is 9.93. The molecule has 0 rings (SSSR count). The highest BCUT2D eigenvalue weighted by Crippen LogP contribution is 2.15. The zero-order valence-electron chi connectivity index (χ0n) is 11.5. The number of rotatable bonds is 7. The van der Waals surface area contributed by atoms with Crippen LogP contribution in [0.4, 0.5) is 0 Å². The summed E-state index contributed by atoms with van der Waals surface area (Å²) in [5.74, 6) is -1.17. The predicted octanol–water partition coefficient (Wildman–Crippen LogP) is -0.271. The Kier molecular flexibility index (Phi) is 7.00. The van der Waals surface area contributed by atoms with Crippen molar-refractivity contribution in [2.24, 2.45) is 17.6 Å². The molecule has 0 aromatic heterocycles. The van der Waals surface area contributed by atoms with Gasteiger partial charge in [0, 0.05) is 26.4 Å². The molecule has 0 spiro atoms. The maximum Gasteiger partial charge on any atom is 0.241 e. The smallest absolute Gasteiger partial charge is 0.241 e. The Bertz CT molecular complexity index is 314. The number of amides is 3. The third kappa shape index (κ3) is 6.88. The van der Waals surface area contributed by atoms with Gasteiger partial charge in [0.05, 0.1) is 6.54 Å². The summed E-state index contributed by atoms with van der Waals surface area (Å²) in [6.07, 6.45) is 0.588. The van der Waals surface area contributed by atoms with Gasteiger partial charge in [-0.1, -0.05) is 13.8 Å². The van der Waals surface area contributed by atoms with E-state index in [-0.39, 0.29) is 30.7 Å². The molecule has 0 aromatic rings. The SMILES string of the molecule is CC(C)C[C@H](CC(N)=O)C(=O)NCC(=O)N(C)C. The van der Waals surface area contributed by atoms with Crippen molar-refractivity contribution < 1.29 is 14.4 Å². The lowest BCUT2D eigenvalue weighted by Gasteiger charge is -2.18. The number of carbonyl (C=O) groups is 3. The molecule has 0 aromatic carbocycles. The highest BCUT2D eigenvalue weighted by atomic mass is 16.2. The van der Waals surface area contributed by atoms with E-state index in [1.807, 2.05) is 13.8 Å². The Morgan fingerprint density at radius 2 is 1.78 bits per heavy atom. The number of hydrogen-bond acceptors (Lipinski definition) is 3. The number of hydrogen-bond donors (Lipinski definition) is 2. The lowest BCUT2D eigenvalue weighted by molar-refractivity contribution is -0.133. The lowest BCUT2D eigenvalue weighted by Crippen LogP contribution is -2.40. The van der Waals surface area contributed by atoms with E-state index in [9.17, 15) is 14.4 Å². The minimum absolute atomic E-state index is 0.0141. The minimum Gasteiger partial charge on any atom is -0.370 e. The first kappa shape index (κ1) is 16.4. The van der Waals surface area contributed by atoms with Gasteiger partial charge in [-0.3, -0.25) is 14.4 Å². The van der Waals surface area contributed by atoms with Crippen LogP contribution >= 0.6 is 0 Å². The van der Waals surface area contributed by atoms with E-state index in [2.05, 4.69) is 5.32 Å². The van der Waals surface area contributed by atoms with E-state index in [0.29, 0.717) is 6.42 Å². The Morgan fingerprint density at radius 3 is 2.17 bits per heavy atom. The number of primary amides is 1. The number of nitrogens with one attached hydrogen (secondary N) is 1. The van der Waals surface area contributed by atoms with Crippen LogP contribution in [0.2, 0.25) is 0 Å². The van der Waals surface area contributed by atoms with E-state index in [0.717, 1.165) is 0 Å². The van der Waals surface area contributed by atoms with Crippen molar-refractivity contribution in [3.05, 3.63) is 0 Å². The second-order valence-corrected chi connectivity index (χ2v) is 5.00. The predicted molar refractivity (Wildman–Crippen MR) is 68.5 cm³/mol. The normalized spacial score (nSPS) is 12.1. The van der Waals surface area contributed by atoms with E-state index in [1.54, 1.807) is 14.1 Å². The summed E-state index contributed by atoms with van der Waals surface area (Å²) in [6.45, 7) is 3.87. The average molecular weight is 257 g/mol. The minimum atomic E-state index is -0.505. The van der Waals surface area contributed by atoms with Crippen molar-refractivity contribution in [3.63, 3.8) is 0 Å². The molecule has 3 amide bonds. The Labute approximate surface area is 108 Å². The Balaban J connectivity index is 4.37. The van der Waals surface area contributed by atoms with Crippen LogP contribution in [-0.4, -0.2) is 43.3 Å². The Morgan fingerprint density at radius 1 is 1.22 bits per heavy atom. The molecule has 0 saturated heterocycles. The summed E-state index contributed by atoms with van der Waals surface area (Å²) in [6, 6.07) is 0. The molecule has 0 aliphatic heterocycles. The zero-order valence-corrected chi connectivity index (χ0v) is 11.5. The topological polar surface area (TPSA) is 92.5 Å². The van der Waals surface area contributed by atoms with Crippen LogP contribution < -0.4 is 11.1 Å². The van der Waals surface area contributed by atoms with Crippen molar-refractivity contribution in [2.45, 2.75) is 26.7 Å². The van der Waals surface area contributed by atoms with Gasteiger partial charge in [0.25, 0.3) is 0 Å². The first-order valence-corrected chi connectivity index (χ1v) is 6.00. The van der Waals surface area contributed by atoms with Crippen LogP contribution in [0.5, 0.6) is 0 Å². The summed E-state index contributed by atoms with van der Waals surface area (Å²) >= 11 is 0. The highest BCUT2D eigenvalue weighted by Gasteiger charge is 2.22. The molecule has 1 atom stereocenters. The molecular formula is C12H23N3O3. The second-order valence-electron chi connectivity index (χ2n) is 5.00. The van der Waals surface area contributed by atoms with Gasteiger partial charge < -0.3 is 16.0 Å². The summed E-state index contributed by atoms with van der Waals surface area (Å²) in [5.41, 5.74) is 5.12. The molecule has 0 heterocycles. The third-order valence-corrected chi connectivity index (χ3v) is 2.49. The number of likely N-dealkylation sites (N-methyl/N-ethyl adjacent to an activating group) is 1. The van der Waals surface area contributed by atoms with Gasteiger partial charge in [0.2, 0.25) is 17.7 Å². The van der Waals surface area contributed by atoms with Crippen LogP contribution in [0, 0.1) is 11.8 Å². The molecule has 3 N–H and O–H groups in total. The number of nitrogens with zero attached hydrogens (tertiary/aromatic N) is 1. The molecule has 0 radical (unpaired) electrons. The first-order chi connectivity index (χ1) is 8.23. The van der Waals surface area contributed by atoms with Crippen LogP contribution in [0.25, 0.3) is 0 Å². The highest BCUT2D eigenvalue weighted by molar-refractivity contribution is 5.88. The van der Waals surface area contributed by atoms with Crippen molar-refractivity contribution in [2.75, 3.05) is 20.6 Å². The Hall–Kier alpha value is -1.59. The fourth-order valence-electron chi connectivity index (χ4n) is 1.56. The summed E-state index contributed by atoms with van der Waals surface area (Å²) < 4.78 is 0. The van der Waals surface area contributed by atoms with Crippen LogP contribution in [-0.2, 0) is 14.4 Å². The van der Waals surface area contributed by atoms with Gasteiger partial charge in [-0.2, -0.15) is 0 Å². The third-order valence-electron chi connectivity index (χ3n) is 2.49. The molecule has 0 fully saturated rings. The van der Waals surface area contributed by atoms with E-state index >= 15 is 0 Å². The fraction of sp³-hybridized carbons (Fsp3) is 0.750. The van der Waals surface area contributed by atoms with Gasteiger partial charge in [-0.15, -0.1) is 0 Å². The molecular weight excluding hydrogens is 234 g/mol. The van der Waals surface area contributed by atoms with Crippen LogP contribution in [0.1, 0.15) is 26.7 Å². The largest absolute Gasteiger partial charge is 0.370 e.